The van der Waals surface area contributed by atoms with Gasteiger partial charge in [-0.3, -0.25) is 14.7 Å². The normalized spacial score (nSPS) is 16.6. The van der Waals surface area contributed by atoms with E-state index in [1.54, 1.807) is 6.92 Å². The van der Waals surface area contributed by atoms with Crippen molar-refractivity contribution < 1.29 is 9.90 Å². The topological polar surface area (TPSA) is 80.0 Å². The van der Waals surface area contributed by atoms with Gasteiger partial charge in [-0.2, -0.15) is 0 Å². The summed E-state index contributed by atoms with van der Waals surface area (Å²) >= 11 is 0. The van der Waals surface area contributed by atoms with Crippen molar-refractivity contribution in [3.05, 3.63) is 53.2 Å². The summed E-state index contributed by atoms with van der Waals surface area (Å²) in [5, 5.41) is 13.8. The van der Waals surface area contributed by atoms with Gasteiger partial charge in [0.15, 0.2) is 5.65 Å². The third kappa shape index (κ3) is 3.52. The number of aromatic nitrogens is 3. The highest BCUT2D eigenvalue weighted by molar-refractivity contribution is 5.91. The van der Waals surface area contributed by atoms with E-state index in [4.69, 9.17) is 0 Å². The fourth-order valence-corrected chi connectivity index (χ4v) is 3.71. The second-order valence-corrected chi connectivity index (χ2v) is 8.05. The number of carbonyl (C=O) groups excluding carboxylic acids is 1. The van der Waals surface area contributed by atoms with Crippen LogP contribution >= 0.6 is 0 Å². The van der Waals surface area contributed by atoms with Crippen molar-refractivity contribution in [2.75, 3.05) is 5.32 Å². The quantitative estimate of drug-likeness (QED) is 0.703. The molecule has 4 rings (SSSR count). The van der Waals surface area contributed by atoms with Crippen LogP contribution in [0.3, 0.4) is 0 Å². The number of imidazole rings is 1. The molecule has 1 aliphatic rings. The first-order valence-corrected chi connectivity index (χ1v) is 9.78. The molecule has 1 amide bonds. The molecule has 0 spiro atoms. The van der Waals surface area contributed by atoms with Gasteiger partial charge in [0, 0.05) is 11.7 Å². The minimum absolute atomic E-state index is 0.0449. The summed E-state index contributed by atoms with van der Waals surface area (Å²) in [4.78, 5) is 22.0. The SMILES string of the molecule is Cc1cccc(C(C)(O)CC(=O)Nc2nc3ccc(C)nc3n2C2CCC2)c1. The van der Waals surface area contributed by atoms with Crippen LogP contribution in [0.5, 0.6) is 0 Å². The van der Waals surface area contributed by atoms with Gasteiger partial charge in [0.25, 0.3) is 0 Å². The van der Waals surface area contributed by atoms with Crippen molar-refractivity contribution in [3.63, 3.8) is 0 Å². The molecule has 0 bridgehead atoms. The molecule has 28 heavy (non-hydrogen) atoms. The van der Waals surface area contributed by atoms with Gasteiger partial charge in [-0.05, 0) is 57.7 Å². The van der Waals surface area contributed by atoms with Crippen LogP contribution in [0.2, 0.25) is 0 Å². The largest absolute Gasteiger partial charge is 0.385 e. The third-order valence-corrected chi connectivity index (χ3v) is 5.51. The van der Waals surface area contributed by atoms with Crippen molar-refractivity contribution in [2.24, 2.45) is 0 Å². The molecule has 1 aromatic carbocycles. The highest BCUT2D eigenvalue weighted by atomic mass is 16.3. The summed E-state index contributed by atoms with van der Waals surface area (Å²) in [6.45, 7) is 5.59. The van der Waals surface area contributed by atoms with Crippen LogP contribution in [0.15, 0.2) is 36.4 Å². The van der Waals surface area contributed by atoms with Gasteiger partial charge < -0.3 is 5.11 Å². The Balaban J connectivity index is 1.60. The molecule has 2 heterocycles. The summed E-state index contributed by atoms with van der Waals surface area (Å²) in [7, 11) is 0. The third-order valence-electron chi connectivity index (χ3n) is 5.51. The molecule has 3 aromatic rings. The second-order valence-electron chi connectivity index (χ2n) is 8.05. The highest BCUT2D eigenvalue weighted by Crippen LogP contribution is 2.37. The number of carbonyl (C=O) groups is 1. The summed E-state index contributed by atoms with van der Waals surface area (Å²) in [6.07, 6.45) is 3.25. The van der Waals surface area contributed by atoms with Gasteiger partial charge in [0.05, 0.1) is 12.0 Å². The van der Waals surface area contributed by atoms with E-state index in [1.807, 2.05) is 54.8 Å². The summed E-state index contributed by atoms with van der Waals surface area (Å²) in [5.41, 5.74) is 3.04. The van der Waals surface area contributed by atoms with Crippen molar-refractivity contribution in [3.8, 4) is 0 Å². The number of benzene rings is 1. The molecular formula is C22H26N4O2. The first-order chi connectivity index (χ1) is 13.3. The molecule has 1 atom stereocenters. The molecule has 146 valence electrons. The Hall–Kier alpha value is -2.73. The van der Waals surface area contributed by atoms with Gasteiger partial charge in [0.1, 0.15) is 5.52 Å². The molecule has 0 saturated heterocycles. The first kappa shape index (κ1) is 18.6. The number of aliphatic hydroxyl groups is 1. The number of amides is 1. The van der Waals surface area contributed by atoms with Crippen molar-refractivity contribution in [1.29, 1.82) is 0 Å². The zero-order chi connectivity index (χ0) is 19.9. The number of nitrogens with one attached hydrogen (secondary N) is 1. The Bertz CT molecular complexity index is 1030. The molecule has 0 radical (unpaired) electrons. The zero-order valence-corrected chi connectivity index (χ0v) is 16.6. The van der Waals surface area contributed by atoms with Crippen LogP contribution in [0, 0.1) is 13.8 Å². The number of hydrogen-bond acceptors (Lipinski definition) is 4. The standard InChI is InChI=1S/C22H26N4O2/c1-14-6-4-7-16(12-14)22(3,28)13-19(27)25-21-24-18-11-10-15(2)23-20(18)26(21)17-8-5-9-17/h4,6-7,10-12,17,28H,5,8-9,13H2,1-3H3,(H,24,25,27). The Morgan fingerprint density at radius 1 is 1.25 bits per heavy atom. The smallest absolute Gasteiger partial charge is 0.229 e. The van der Waals surface area contributed by atoms with Crippen molar-refractivity contribution >= 4 is 23.0 Å². The number of anilines is 1. The lowest BCUT2D eigenvalue weighted by Crippen LogP contribution is -2.30. The van der Waals surface area contributed by atoms with Crippen LogP contribution in [0.25, 0.3) is 11.2 Å². The summed E-state index contributed by atoms with van der Waals surface area (Å²) < 4.78 is 2.05. The van der Waals surface area contributed by atoms with Crippen LogP contribution in [-0.2, 0) is 10.4 Å². The van der Waals surface area contributed by atoms with E-state index in [2.05, 4.69) is 15.3 Å². The molecular weight excluding hydrogens is 352 g/mol. The summed E-state index contributed by atoms with van der Waals surface area (Å²) in [5.74, 6) is 0.252. The Kier molecular flexibility index (Phi) is 4.67. The van der Waals surface area contributed by atoms with E-state index in [-0.39, 0.29) is 12.3 Å². The van der Waals surface area contributed by atoms with E-state index >= 15 is 0 Å². The molecule has 1 unspecified atom stereocenters. The molecule has 6 heteroatoms. The lowest BCUT2D eigenvalue weighted by atomic mass is 9.91. The van der Waals surface area contributed by atoms with E-state index < -0.39 is 5.60 Å². The molecule has 2 aromatic heterocycles. The van der Waals surface area contributed by atoms with Crippen molar-refractivity contribution in [1.82, 2.24) is 14.5 Å². The minimum Gasteiger partial charge on any atom is -0.385 e. The first-order valence-electron chi connectivity index (χ1n) is 9.78. The van der Waals surface area contributed by atoms with Crippen LogP contribution in [0.1, 0.15) is 55.5 Å². The van der Waals surface area contributed by atoms with Gasteiger partial charge in [-0.15, -0.1) is 0 Å². The van der Waals surface area contributed by atoms with E-state index in [0.717, 1.165) is 40.8 Å². The zero-order valence-electron chi connectivity index (χ0n) is 16.6. The lowest BCUT2D eigenvalue weighted by molar-refractivity contribution is -0.120. The molecule has 2 N–H and O–H groups in total. The monoisotopic (exact) mass is 378 g/mol. The number of rotatable bonds is 5. The Morgan fingerprint density at radius 3 is 2.71 bits per heavy atom. The molecule has 1 fully saturated rings. The van der Waals surface area contributed by atoms with Crippen LogP contribution in [-0.4, -0.2) is 25.5 Å². The average Bonchev–Trinajstić information content (AvgIpc) is 2.90. The highest BCUT2D eigenvalue weighted by Gasteiger charge is 2.30. The maximum Gasteiger partial charge on any atom is 0.229 e. The predicted octanol–water partition coefficient (Wildman–Crippen LogP) is 4.01. The number of hydrogen-bond donors (Lipinski definition) is 2. The predicted molar refractivity (Wildman–Crippen MR) is 109 cm³/mol. The van der Waals surface area contributed by atoms with Gasteiger partial charge in [0.2, 0.25) is 11.9 Å². The Morgan fingerprint density at radius 2 is 2.04 bits per heavy atom. The lowest BCUT2D eigenvalue weighted by Gasteiger charge is -2.29. The fraction of sp³-hybridized carbons (Fsp3) is 0.409. The van der Waals surface area contributed by atoms with Crippen molar-refractivity contribution in [2.45, 2.75) is 58.1 Å². The number of nitrogens with zero attached hydrogens (tertiary/aromatic N) is 3. The number of fused-ring (bicyclic) bond motifs is 1. The van der Waals surface area contributed by atoms with E-state index in [0.29, 0.717) is 12.0 Å². The van der Waals surface area contributed by atoms with Gasteiger partial charge in [-0.1, -0.05) is 29.8 Å². The van der Waals surface area contributed by atoms with E-state index in [1.165, 1.54) is 6.42 Å². The maximum atomic E-state index is 12.8. The molecule has 1 aliphatic carbocycles. The second kappa shape index (κ2) is 7.02. The van der Waals surface area contributed by atoms with E-state index in [9.17, 15) is 9.90 Å². The molecule has 0 aliphatic heterocycles. The number of pyridine rings is 1. The van der Waals surface area contributed by atoms with Gasteiger partial charge >= 0.3 is 0 Å². The van der Waals surface area contributed by atoms with Crippen LogP contribution in [0.4, 0.5) is 5.95 Å². The fourth-order valence-electron chi connectivity index (χ4n) is 3.71. The Labute approximate surface area is 164 Å². The summed E-state index contributed by atoms with van der Waals surface area (Å²) in [6, 6.07) is 11.8. The van der Waals surface area contributed by atoms with Gasteiger partial charge in [-0.25, -0.2) is 9.97 Å². The molecule has 1 saturated carbocycles. The minimum atomic E-state index is -1.25. The maximum absolute atomic E-state index is 12.8. The average molecular weight is 378 g/mol. The molecule has 6 nitrogen and oxygen atoms in total. The van der Waals surface area contributed by atoms with Crippen LogP contribution < -0.4 is 5.32 Å². The number of aryl methyl sites for hydroxylation is 2.